The summed E-state index contributed by atoms with van der Waals surface area (Å²) < 4.78 is 7.21. The van der Waals surface area contributed by atoms with E-state index >= 15 is 0 Å². The number of hydrogen-bond donors (Lipinski definition) is 0. The molecule has 1 heterocycles. The zero-order valence-corrected chi connectivity index (χ0v) is 7.42. The van der Waals surface area contributed by atoms with Crippen molar-refractivity contribution in [1.29, 1.82) is 0 Å². The molecule has 0 aliphatic rings. The third-order valence-corrected chi connectivity index (χ3v) is 1.72. The number of aryl methyl sites for hydroxylation is 1. The summed E-state index contributed by atoms with van der Waals surface area (Å²) in [6.07, 6.45) is 0. The van der Waals surface area contributed by atoms with Crippen molar-refractivity contribution in [3.8, 4) is 0 Å². The minimum absolute atomic E-state index is 0.458. The van der Waals surface area contributed by atoms with Crippen LogP contribution in [0, 0.1) is 0 Å². The molecule has 0 saturated heterocycles. The number of nitrogens with zero attached hydrogens (tertiary/aromatic N) is 3. The molecular weight excluding hydrogens is 198 g/mol. The summed E-state index contributed by atoms with van der Waals surface area (Å²) in [6, 6.07) is 0. The third-order valence-electron chi connectivity index (χ3n) is 1.03. The van der Waals surface area contributed by atoms with Gasteiger partial charge < -0.3 is 4.74 Å². The smallest absolute Gasteiger partial charge is 0.195 e. The molecule has 1 rings (SSSR count). The van der Waals surface area contributed by atoms with E-state index in [2.05, 4.69) is 26.0 Å². The van der Waals surface area contributed by atoms with Gasteiger partial charge in [0.2, 0.25) is 0 Å². The highest BCUT2D eigenvalue weighted by molar-refractivity contribution is 9.10. The second kappa shape index (κ2) is 3.12. The number of ether oxygens (including phenoxy) is 1. The van der Waals surface area contributed by atoms with E-state index in [1.54, 1.807) is 11.8 Å². The standard InChI is InChI=1S/C5H8BrN3O/c1-9-5(6)7-4(8-9)3-10-2/h3H2,1-2H3. The first-order valence-electron chi connectivity index (χ1n) is 2.78. The highest BCUT2D eigenvalue weighted by atomic mass is 79.9. The molecule has 5 heteroatoms. The number of aromatic nitrogens is 3. The fourth-order valence-corrected chi connectivity index (χ4v) is 0.890. The molecule has 10 heavy (non-hydrogen) atoms. The summed E-state index contributed by atoms with van der Waals surface area (Å²) in [5.74, 6) is 0.692. The lowest BCUT2D eigenvalue weighted by Crippen LogP contribution is -1.93. The monoisotopic (exact) mass is 205 g/mol. The van der Waals surface area contributed by atoms with Crippen molar-refractivity contribution in [3.63, 3.8) is 0 Å². The van der Waals surface area contributed by atoms with E-state index in [0.29, 0.717) is 12.4 Å². The van der Waals surface area contributed by atoms with Crippen LogP contribution in [-0.2, 0) is 18.4 Å². The molecule has 0 aliphatic carbocycles. The summed E-state index contributed by atoms with van der Waals surface area (Å²) in [7, 11) is 3.43. The topological polar surface area (TPSA) is 39.9 Å². The van der Waals surface area contributed by atoms with Gasteiger partial charge in [0.25, 0.3) is 0 Å². The lowest BCUT2D eigenvalue weighted by Gasteiger charge is -1.87. The summed E-state index contributed by atoms with van der Waals surface area (Å²) in [5.41, 5.74) is 0. The number of methoxy groups -OCH3 is 1. The highest BCUT2D eigenvalue weighted by Gasteiger charge is 2.01. The predicted molar refractivity (Wildman–Crippen MR) is 39.4 cm³/mol. The quantitative estimate of drug-likeness (QED) is 0.715. The largest absolute Gasteiger partial charge is 0.377 e. The Kier molecular flexibility index (Phi) is 2.39. The summed E-state index contributed by atoms with van der Waals surface area (Å²) in [4.78, 5) is 4.04. The molecule has 1 aromatic heterocycles. The molecule has 0 fully saturated rings. The average Bonchev–Trinajstić information content (AvgIpc) is 2.14. The molecule has 0 N–H and O–H groups in total. The van der Waals surface area contributed by atoms with E-state index in [0.717, 1.165) is 4.73 Å². The lowest BCUT2D eigenvalue weighted by atomic mass is 10.7. The van der Waals surface area contributed by atoms with Gasteiger partial charge in [-0.2, -0.15) is 5.10 Å². The van der Waals surface area contributed by atoms with Crippen LogP contribution < -0.4 is 0 Å². The summed E-state index contributed by atoms with van der Waals surface area (Å²) in [5, 5.41) is 4.03. The maximum atomic E-state index is 4.84. The normalized spacial score (nSPS) is 10.3. The van der Waals surface area contributed by atoms with E-state index in [1.807, 2.05) is 7.05 Å². The van der Waals surface area contributed by atoms with Crippen LogP contribution in [0.3, 0.4) is 0 Å². The third kappa shape index (κ3) is 1.54. The van der Waals surface area contributed by atoms with Crippen LogP contribution in [0.15, 0.2) is 4.73 Å². The van der Waals surface area contributed by atoms with Crippen LogP contribution in [0.2, 0.25) is 0 Å². The van der Waals surface area contributed by atoms with Crippen molar-refractivity contribution in [1.82, 2.24) is 14.8 Å². The zero-order chi connectivity index (χ0) is 7.56. The molecule has 0 saturated carbocycles. The van der Waals surface area contributed by atoms with Crippen molar-refractivity contribution in [2.75, 3.05) is 7.11 Å². The van der Waals surface area contributed by atoms with E-state index in [1.165, 1.54) is 0 Å². The Balaban J connectivity index is 2.77. The minimum Gasteiger partial charge on any atom is -0.377 e. The average molecular weight is 206 g/mol. The molecule has 0 atom stereocenters. The van der Waals surface area contributed by atoms with Gasteiger partial charge in [-0.1, -0.05) is 0 Å². The first kappa shape index (κ1) is 7.68. The molecule has 56 valence electrons. The van der Waals surface area contributed by atoms with E-state index in [4.69, 9.17) is 4.74 Å². The highest BCUT2D eigenvalue weighted by Crippen LogP contribution is 2.04. The fourth-order valence-electron chi connectivity index (χ4n) is 0.606. The molecule has 0 bridgehead atoms. The van der Waals surface area contributed by atoms with Gasteiger partial charge in [-0.3, -0.25) is 0 Å². The Bertz CT molecular complexity index is 203. The molecular formula is C5H8BrN3O. The van der Waals surface area contributed by atoms with Crippen molar-refractivity contribution in [2.45, 2.75) is 6.61 Å². The lowest BCUT2D eigenvalue weighted by molar-refractivity contribution is 0.177. The predicted octanol–water partition coefficient (Wildman–Crippen LogP) is 0.724. The van der Waals surface area contributed by atoms with Gasteiger partial charge in [-0.15, -0.1) is 0 Å². The van der Waals surface area contributed by atoms with Crippen LogP contribution >= 0.6 is 15.9 Å². The summed E-state index contributed by atoms with van der Waals surface area (Å²) >= 11 is 3.22. The maximum Gasteiger partial charge on any atom is 0.195 e. The van der Waals surface area contributed by atoms with Crippen molar-refractivity contribution >= 4 is 15.9 Å². The molecule has 0 amide bonds. The van der Waals surface area contributed by atoms with Crippen LogP contribution in [-0.4, -0.2) is 21.9 Å². The number of rotatable bonds is 2. The fraction of sp³-hybridized carbons (Fsp3) is 0.600. The molecule has 0 radical (unpaired) electrons. The molecule has 4 nitrogen and oxygen atoms in total. The van der Waals surface area contributed by atoms with Crippen molar-refractivity contribution in [2.24, 2.45) is 7.05 Å². The Morgan fingerprint density at radius 2 is 2.40 bits per heavy atom. The van der Waals surface area contributed by atoms with Gasteiger partial charge in [-0.05, 0) is 15.9 Å². The van der Waals surface area contributed by atoms with Crippen LogP contribution in [0.5, 0.6) is 0 Å². The van der Waals surface area contributed by atoms with Crippen LogP contribution in [0.25, 0.3) is 0 Å². The second-order valence-electron chi connectivity index (χ2n) is 1.85. The Hall–Kier alpha value is -0.420. The maximum absolute atomic E-state index is 4.84. The van der Waals surface area contributed by atoms with Gasteiger partial charge in [0.1, 0.15) is 6.61 Å². The van der Waals surface area contributed by atoms with Gasteiger partial charge in [0, 0.05) is 14.2 Å². The van der Waals surface area contributed by atoms with Gasteiger partial charge in [-0.25, -0.2) is 9.67 Å². The number of halogens is 1. The number of hydrogen-bond acceptors (Lipinski definition) is 3. The van der Waals surface area contributed by atoms with Crippen molar-refractivity contribution < 1.29 is 4.74 Å². The van der Waals surface area contributed by atoms with Gasteiger partial charge in [0.05, 0.1) is 0 Å². The van der Waals surface area contributed by atoms with E-state index < -0.39 is 0 Å². The van der Waals surface area contributed by atoms with E-state index in [9.17, 15) is 0 Å². The first-order valence-corrected chi connectivity index (χ1v) is 3.57. The molecule has 0 aliphatic heterocycles. The second-order valence-corrected chi connectivity index (χ2v) is 2.56. The zero-order valence-electron chi connectivity index (χ0n) is 5.83. The Morgan fingerprint density at radius 3 is 2.80 bits per heavy atom. The summed E-state index contributed by atoms with van der Waals surface area (Å²) in [6.45, 7) is 0.458. The minimum atomic E-state index is 0.458. The van der Waals surface area contributed by atoms with E-state index in [-0.39, 0.29) is 0 Å². The SMILES string of the molecule is COCc1nc(Br)n(C)n1. The van der Waals surface area contributed by atoms with Gasteiger partial charge in [0.15, 0.2) is 10.6 Å². The molecule has 0 spiro atoms. The molecule has 0 unspecified atom stereocenters. The molecule has 1 aromatic rings. The Morgan fingerprint density at radius 1 is 1.70 bits per heavy atom. The molecule has 0 aromatic carbocycles. The first-order chi connectivity index (χ1) is 4.74. The van der Waals surface area contributed by atoms with Crippen molar-refractivity contribution in [3.05, 3.63) is 10.6 Å². The van der Waals surface area contributed by atoms with Crippen LogP contribution in [0.1, 0.15) is 5.82 Å². The van der Waals surface area contributed by atoms with Crippen LogP contribution in [0.4, 0.5) is 0 Å². The Labute approximate surface area is 67.3 Å². The van der Waals surface area contributed by atoms with Gasteiger partial charge >= 0.3 is 0 Å².